The van der Waals surface area contributed by atoms with Crippen LogP contribution in [0.5, 0.6) is 0 Å². The van der Waals surface area contributed by atoms with Crippen LogP contribution in [0.4, 0.5) is 0 Å². The summed E-state index contributed by atoms with van der Waals surface area (Å²) in [7, 11) is 0. The summed E-state index contributed by atoms with van der Waals surface area (Å²) in [5.41, 5.74) is 3.07. The lowest BCUT2D eigenvalue weighted by Gasteiger charge is -2.18. The molecule has 0 spiro atoms. The minimum atomic E-state index is -0.317. The van der Waals surface area contributed by atoms with Gasteiger partial charge in [-0.05, 0) is 49.9 Å². The largest absolute Gasteiger partial charge is 0.462 e. The highest BCUT2D eigenvalue weighted by atomic mass is 16.5. The van der Waals surface area contributed by atoms with E-state index in [1.165, 1.54) is 0 Å². The molecule has 1 aromatic carbocycles. The van der Waals surface area contributed by atoms with Crippen LogP contribution < -0.4 is 0 Å². The summed E-state index contributed by atoms with van der Waals surface area (Å²) in [5.74, 6) is -0.178. The Balaban J connectivity index is 2.52. The van der Waals surface area contributed by atoms with Gasteiger partial charge in [-0.3, -0.25) is 4.79 Å². The highest BCUT2D eigenvalue weighted by molar-refractivity contribution is 6.02. The molecule has 1 aliphatic rings. The third-order valence-electron chi connectivity index (χ3n) is 3.02. The number of ketones is 1. The first-order chi connectivity index (χ1) is 8.13. The van der Waals surface area contributed by atoms with E-state index in [4.69, 9.17) is 4.74 Å². The quantitative estimate of drug-likeness (QED) is 0.736. The molecule has 0 radical (unpaired) electrons. The Morgan fingerprint density at radius 3 is 2.82 bits per heavy atom. The number of carbonyl (C=O) groups is 2. The fourth-order valence-corrected chi connectivity index (χ4v) is 2.29. The maximum absolute atomic E-state index is 11.8. The summed E-state index contributed by atoms with van der Waals surface area (Å²) in [6.07, 6.45) is 2.19. The Kier molecular flexibility index (Phi) is 3.27. The van der Waals surface area contributed by atoms with Crippen molar-refractivity contribution < 1.29 is 14.3 Å². The van der Waals surface area contributed by atoms with Gasteiger partial charge >= 0.3 is 5.97 Å². The SMILES string of the molecule is CCOC(=O)c1cc(C)cc2c1CCCC2=O. The van der Waals surface area contributed by atoms with Crippen molar-refractivity contribution in [2.24, 2.45) is 0 Å². The first-order valence-electron chi connectivity index (χ1n) is 5.97. The molecule has 0 saturated heterocycles. The predicted molar refractivity (Wildman–Crippen MR) is 64.4 cm³/mol. The molecule has 0 heterocycles. The van der Waals surface area contributed by atoms with Crippen molar-refractivity contribution in [1.29, 1.82) is 0 Å². The zero-order valence-corrected chi connectivity index (χ0v) is 10.2. The molecule has 0 atom stereocenters. The van der Waals surface area contributed by atoms with Gasteiger partial charge in [-0.15, -0.1) is 0 Å². The number of fused-ring (bicyclic) bond motifs is 1. The predicted octanol–water partition coefficient (Wildman–Crippen LogP) is 2.69. The third kappa shape index (κ3) is 2.23. The minimum Gasteiger partial charge on any atom is -0.462 e. The van der Waals surface area contributed by atoms with E-state index < -0.39 is 0 Å². The Bertz CT molecular complexity index is 475. The van der Waals surface area contributed by atoms with Gasteiger partial charge in [0.2, 0.25) is 0 Å². The average Bonchev–Trinajstić information content (AvgIpc) is 2.30. The molecule has 2 rings (SSSR count). The molecular weight excluding hydrogens is 216 g/mol. The summed E-state index contributed by atoms with van der Waals surface area (Å²) in [4.78, 5) is 23.7. The molecule has 3 nitrogen and oxygen atoms in total. The number of carbonyl (C=O) groups excluding carboxylic acids is 2. The van der Waals surface area contributed by atoms with Crippen LogP contribution in [0, 0.1) is 6.92 Å². The van der Waals surface area contributed by atoms with Crippen LogP contribution in [0.3, 0.4) is 0 Å². The smallest absolute Gasteiger partial charge is 0.338 e. The number of rotatable bonds is 2. The molecule has 3 heteroatoms. The van der Waals surface area contributed by atoms with Gasteiger partial charge in [-0.2, -0.15) is 0 Å². The standard InChI is InChI=1S/C14H16O3/c1-3-17-14(16)12-8-9(2)7-11-10(12)5-4-6-13(11)15/h7-8H,3-6H2,1-2H3. The van der Waals surface area contributed by atoms with Gasteiger partial charge in [0.05, 0.1) is 12.2 Å². The van der Waals surface area contributed by atoms with Gasteiger partial charge in [0.15, 0.2) is 5.78 Å². The Hall–Kier alpha value is -1.64. The molecule has 0 fully saturated rings. The lowest BCUT2D eigenvalue weighted by atomic mass is 9.86. The molecule has 17 heavy (non-hydrogen) atoms. The van der Waals surface area contributed by atoms with Gasteiger partial charge in [0.25, 0.3) is 0 Å². The van der Waals surface area contributed by atoms with Crippen molar-refractivity contribution in [1.82, 2.24) is 0 Å². The normalized spacial score (nSPS) is 14.4. The van der Waals surface area contributed by atoms with E-state index in [1.807, 2.05) is 19.1 Å². The van der Waals surface area contributed by atoms with E-state index in [1.54, 1.807) is 6.92 Å². The van der Waals surface area contributed by atoms with Crippen molar-refractivity contribution in [2.75, 3.05) is 6.61 Å². The monoisotopic (exact) mass is 232 g/mol. The van der Waals surface area contributed by atoms with E-state index in [-0.39, 0.29) is 11.8 Å². The highest BCUT2D eigenvalue weighted by Gasteiger charge is 2.23. The Morgan fingerprint density at radius 1 is 1.35 bits per heavy atom. The van der Waals surface area contributed by atoms with Gasteiger partial charge < -0.3 is 4.74 Å². The lowest BCUT2D eigenvalue weighted by molar-refractivity contribution is 0.0525. The van der Waals surface area contributed by atoms with Gasteiger partial charge in [0.1, 0.15) is 0 Å². The summed E-state index contributed by atoms with van der Waals surface area (Å²) < 4.78 is 5.03. The zero-order chi connectivity index (χ0) is 12.4. The third-order valence-corrected chi connectivity index (χ3v) is 3.02. The fourth-order valence-electron chi connectivity index (χ4n) is 2.29. The second-order valence-corrected chi connectivity index (χ2v) is 4.34. The number of hydrogen-bond donors (Lipinski definition) is 0. The average molecular weight is 232 g/mol. The van der Waals surface area contributed by atoms with Crippen molar-refractivity contribution >= 4 is 11.8 Å². The molecule has 0 N–H and O–H groups in total. The van der Waals surface area contributed by atoms with Crippen molar-refractivity contribution in [3.63, 3.8) is 0 Å². The maximum atomic E-state index is 11.8. The van der Waals surface area contributed by atoms with E-state index in [9.17, 15) is 9.59 Å². The van der Waals surface area contributed by atoms with Gasteiger partial charge in [0, 0.05) is 12.0 Å². The fraction of sp³-hybridized carbons (Fsp3) is 0.429. The topological polar surface area (TPSA) is 43.4 Å². The van der Waals surface area contributed by atoms with Crippen LogP contribution >= 0.6 is 0 Å². The van der Waals surface area contributed by atoms with Crippen LogP contribution in [0.25, 0.3) is 0 Å². The number of benzene rings is 1. The zero-order valence-electron chi connectivity index (χ0n) is 10.2. The minimum absolute atomic E-state index is 0.139. The first kappa shape index (κ1) is 11.8. The summed E-state index contributed by atoms with van der Waals surface area (Å²) in [6, 6.07) is 3.69. The second-order valence-electron chi connectivity index (χ2n) is 4.34. The van der Waals surface area contributed by atoms with Crippen LogP contribution in [0.15, 0.2) is 12.1 Å². The second kappa shape index (κ2) is 4.70. The molecule has 0 aromatic heterocycles. The molecule has 0 aliphatic heterocycles. The molecule has 1 aromatic rings. The van der Waals surface area contributed by atoms with Crippen LogP contribution in [0.1, 0.15) is 51.6 Å². The first-order valence-corrected chi connectivity index (χ1v) is 5.97. The van der Waals surface area contributed by atoms with Gasteiger partial charge in [-0.1, -0.05) is 0 Å². The number of aryl methyl sites for hydroxylation is 1. The van der Waals surface area contributed by atoms with Gasteiger partial charge in [-0.25, -0.2) is 4.79 Å². The van der Waals surface area contributed by atoms with E-state index in [0.717, 1.165) is 24.0 Å². The number of hydrogen-bond acceptors (Lipinski definition) is 3. The highest BCUT2D eigenvalue weighted by Crippen LogP contribution is 2.26. The van der Waals surface area contributed by atoms with Crippen molar-refractivity contribution in [3.8, 4) is 0 Å². The number of ether oxygens (including phenoxy) is 1. The lowest BCUT2D eigenvalue weighted by Crippen LogP contribution is -2.17. The number of Topliss-reactive ketones (excluding diaryl/α,β-unsaturated/α-hetero) is 1. The molecule has 0 unspecified atom stereocenters. The van der Waals surface area contributed by atoms with E-state index in [0.29, 0.717) is 24.2 Å². The molecule has 0 amide bonds. The van der Waals surface area contributed by atoms with Crippen molar-refractivity contribution in [2.45, 2.75) is 33.1 Å². The molecule has 90 valence electrons. The van der Waals surface area contributed by atoms with Crippen LogP contribution in [-0.4, -0.2) is 18.4 Å². The van der Waals surface area contributed by atoms with E-state index >= 15 is 0 Å². The van der Waals surface area contributed by atoms with Crippen LogP contribution in [-0.2, 0) is 11.2 Å². The molecule has 0 saturated carbocycles. The number of esters is 1. The molecule has 1 aliphatic carbocycles. The Morgan fingerprint density at radius 2 is 2.12 bits per heavy atom. The maximum Gasteiger partial charge on any atom is 0.338 e. The van der Waals surface area contributed by atoms with Crippen molar-refractivity contribution in [3.05, 3.63) is 34.4 Å². The molecular formula is C14H16O3. The van der Waals surface area contributed by atoms with E-state index in [2.05, 4.69) is 0 Å². The molecule has 0 bridgehead atoms. The Labute approximate surface area is 101 Å². The van der Waals surface area contributed by atoms with Crippen LogP contribution in [0.2, 0.25) is 0 Å². The summed E-state index contributed by atoms with van der Waals surface area (Å²) >= 11 is 0. The summed E-state index contributed by atoms with van der Waals surface area (Å²) in [5, 5.41) is 0. The summed E-state index contributed by atoms with van der Waals surface area (Å²) in [6.45, 7) is 4.03.